The third-order valence-corrected chi connectivity index (χ3v) is 3.67. The van der Waals surface area contributed by atoms with Crippen molar-refractivity contribution < 1.29 is 9.53 Å². The Morgan fingerprint density at radius 1 is 0.962 bits per heavy atom. The molecule has 5 heteroatoms. The summed E-state index contributed by atoms with van der Waals surface area (Å²) in [6.07, 6.45) is 2.48. The Hall–Kier alpha value is -3.34. The van der Waals surface area contributed by atoms with Crippen molar-refractivity contribution >= 4 is 17.4 Å². The normalized spacial score (nSPS) is 10.2. The predicted octanol–water partition coefficient (Wildman–Crippen LogP) is 4.76. The number of para-hydroxylation sites is 1. The van der Waals surface area contributed by atoms with Crippen LogP contribution in [0.4, 0.5) is 11.5 Å². The van der Waals surface area contributed by atoms with E-state index >= 15 is 0 Å². The van der Waals surface area contributed by atoms with Gasteiger partial charge in [-0.1, -0.05) is 25.1 Å². The van der Waals surface area contributed by atoms with Crippen molar-refractivity contribution in [2.24, 2.45) is 0 Å². The maximum atomic E-state index is 11.9. The van der Waals surface area contributed by atoms with Gasteiger partial charge in [0.05, 0.1) is 5.56 Å². The highest BCUT2D eigenvalue weighted by atomic mass is 16.5. The van der Waals surface area contributed by atoms with Crippen LogP contribution in [0.5, 0.6) is 11.5 Å². The van der Waals surface area contributed by atoms with Crippen molar-refractivity contribution in [2.75, 3.05) is 11.9 Å². The maximum Gasteiger partial charge on any atom is 0.252 e. The Morgan fingerprint density at radius 3 is 2.35 bits per heavy atom. The van der Waals surface area contributed by atoms with Crippen LogP contribution in [-0.4, -0.2) is 17.4 Å². The molecule has 0 aliphatic carbocycles. The second-order valence-electron chi connectivity index (χ2n) is 5.75. The van der Waals surface area contributed by atoms with Crippen LogP contribution < -0.4 is 15.4 Å². The van der Waals surface area contributed by atoms with Crippen LogP contribution in [0.3, 0.4) is 0 Å². The van der Waals surface area contributed by atoms with Crippen LogP contribution in [0, 0.1) is 0 Å². The largest absolute Gasteiger partial charge is 0.457 e. The number of carbonyl (C=O) groups excluding carboxylic acids is 1. The molecular weight excluding hydrogens is 326 g/mol. The van der Waals surface area contributed by atoms with E-state index < -0.39 is 0 Å². The first-order valence-corrected chi connectivity index (χ1v) is 8.59. The minimum absolute atomic E-state index is 0.103. The lowest BCUT2D eigenvalue weighted by Gasteiger charge is -2.09. The van der Waals surface area contributed by atoms with Crippen molar-refractivity contribution in [3.63, 3.8) is 0 Å². The van der Waals surface area contributed by atoms with Crippen molar-refractivity contribution in [1.29, 1.82) is 0 Å². The molecule has 1 amide bonds. The summed E-state index contributed by atoms with van der Waals surface area (Å²) in [6.45, 7) is 2.68. The van der Waals surface area contributed by atoms with Gasteiger partial charge in [0.2, 0.25) is 0 Å². The number of hydrogen-bond donors (Lipinski definition) is 2. The molecule has 0 atom stereocenters. The molecule has 0 fully saturated rings. The summed E-state index contributed by atoms with van der Waals surface area (Å²) in [5, 5.41) is 6.04. The van der Waals surface area contributed by atoms with E-state index in [1.54, 1.807) is 18.3 Å². The number of nitrogens with one attached hydrogen (secondary N) is 2. The highest BCUT2D eigenvalue weighted by Crippen LogP contribution is 2.23. The van der Waals surface area contributed by atoms with Crippen LogP contribution in [0.1, 0.15) is 23.7 Å². The Bertz CT molecular complexity index is 831. The molecule has 2 N–H and O–H groups in total. The molecule has 1 heterocycles. The molecular formula is C21H21N3O2. The molecule has 0 radical (unpaired) electrons. The van der Waals surface area contributed by atoms with Gasteiger partial charge < -0.3 is 15.4 Å². The molecule has 26 heavy (non-hydrogen) atoms. The first kappa shape index (κ1) is 17.5. The van der Waals surface area contributed by atoms with E-state index in [-0.39, 0.29) is 5.91 Å². The number of aromatic nitrogens is 1. The molecule has 0 saturated carbocycles. The average molecular weight is 347 g/mol. The molecule has 0 aliphatic heterocycles. The van der Waals surface area contributed by atoms with E-state index in [1.807, 2.05) is 61.5 Å². The highest BCUT2D eigenvalue weighted by Gasteiger charge is 2.05. The number of pyridine rings is 1. The second-order valence-corrected chi connectivity index (χ2v) is 5.75. The molecule has 0 saturated heterocycles. The van der Waals surface area contributed by atoms with Gasteiger partial charge in [-0.05, 0) is 55.0 Å². The summed E-state index contributed by atoms with van der Waals surface area (Å²) in [5.74, 6) is 2.13. The zero-order valence-corrected chi connectivity index (χ0v) is 14.6. The summed E-state index contributed by atoms with van der Waals surface area (Å²) in [4.78, 5) is 16.2. The van der Waals surface area contributed by atoms with E-state index in [9.17, 15) is 4.79 Å². The lowest BCUT2D eigenvalue weighted by Crippen LogP contribution is -2.24. The Labute approximate surface area is 153 Å². The molecule has 3 rings (SSSR count). The number of benzene rings is 2. The third-order valence-electron chi connectivity index (χ3n) is 3.67. The number of hydrogen-bond acceptors (Lipinski definition) is 4. The number of anilines is 2. The van der Waals surface area contributed by atoms with E-state index in [0.717, 1.165) is 23.6 Å². The smallest absolute Gasteiger partial charge is 0.252 e. The fraction of sp³-hybridized carbons (Fsp3) is 0.143. The minimum atomic E-state index is -0.103. The Morgan fingerprint density at radius 2 is 1.69 bits per heavy atom. The first-order chi connectivity index (χ1) is 12.7. The van der Waals surface area contributed by atoms with Gasteiger partial charge in [-0.25, -0.2) is 4.98 Å². The van der Waals surface area contributed by atoms with E-state index in [2.05, 4.69) is 15.6 Å². The topological polar surface area (TPSA) is 63.2 Å². The summed E-state index contributed by atoms with van der Waals surface area (Å²) in [7, 11) is 0. The monoisotopic (exact) mass is 347 g/mol. The molecule has 3 aromatic rings. The fourth-order valence-corrected chi connectivity index (χ4v) is 2.32. The third kappa shape index (κ3) is 4.83. The van der Waals surface area contributed by atoms with Gasteiger partial charge in [-0.3, -0.25) is 4.79 Å². The molecule has 2 aromatic carbocycles. The highest BCUT2D eigenvalue weighted by molar-refractivity contribution is 5.94. The van der Waals surface area contributed by atoms with Gasteiger partial charge in [-0.15, -0.1) is 0 Å². The number of amides is 1. The number of nitrogens with zero attached hydrogens (tertiary/aromatic N) is 1. The van der Waals surface area contributed by atoms with Gasteiger partial charge in [0.25, 0.3) is 5.91 Å². The second kappa shape index (κ2) is 8.67. The van der Waals surface area contributed by atoms with E-state index in [1.165, 1.54) is 0 Å². The predicted molar refractivity (Wildman–Crippen MR) is 103 cm³/mol. The van der Waals surface area contributed by atoms with Crippen molar-refractivity contribution in [2.45, 2.75) is 13.3 Å². The van der Waals surface area contributed by atoms with E-state index in [0.29, 0.717) is 17.9 Å². The van der Waals surface area contributed by atoms with E-state index in [4.69, 9.17) is 4.74 Å². The minimum Gasteiger partial charge on any atom is -0.457 e. The quantitative estimate of drug-likeness (QED) is 0.647. The van der Waals surface area contributed by atoms with Crippen molar-refractivity contribution in [3.05, 3.63) is 78.5 Å². The van der Waals surface area contributed by atoms with Crippen LogP contribution in [0.15, 0.2) is 72.9 Å². The lowest BCUT2D eigenvalue weighted by atomic mass is 10.2. The number of ether oxygens (including phenoxy) is 1. The summed E-state index contributed by atoms with van der Waals surface area (Å²) in [6, 6.07) is 20.8. The van der Waals surface area contributed by atoms with Crippen LogP contribution >= 0.6 is 0 Å². The van der Waals surface area contributed by atoms with Crippen molar-refractivity contribution in [1.82, 2.24) is 10.3 Å². The molecule has 0 aliphatic rings. The van der Waals surface area contributed by atoms with Gasteiger partial charge >= 0.3 is 0 Å². The zero-order chi connectivity index (χ0) is 18.2. The molecule has 0 unspecified atom stereocenters. The Kier molecular flexibility index (Phi) is 5.83. The summed E-state index contributed by atoms with van der Waals surface area (Å²) in [5.41, 5.74) is 1.44. The first-order valence-electron chi connectivity index (χ1n) is 8.59. The molecule has 1 aromatic heterocycles. The SMILES string of the molecule is CCCNC(=O)c1ccc(Nc2ccc(Oc3ccccc3)cc2)nc1. The van der Waals surface area contributed by atoms with Gasteiger partial charge in [0.1, 0.15) is 17.3 Å². The van der Waals surface area contributed by atoms with Crippen LogP contribution in [0.25, 0.3) is 0 Å². The number of carbonyl (C=O) groups is 1. The summed E-state index contributed by atoms with van der Waals surface area (Å²) < 4.78 is 5.77. The van der Waals surface area contributed by atoms with Crippen molar-refractivity contribution in [3.8, 4) is 11.5 Å². The number of rotatable bonds is 7. The van der Waals surface area contributed by atoms with Gasteiger partial charge in [0, 0.05) is 18.4 Å². The zero-order valence-electron chi connectivity index (χ0n) is 14.6. The van der Waals surface area contributed by atoms with Crippen LogP contribution in [0.2, 0.25) is 0 Å². The molecule has 132 valence electrons. The molecule has 0 spiro atoms. The maximum absolute atomic E-state index is 11.9. The Balaban J connectivity index is 1.59. The summed E-state index contributed by atoms with van der Waals surface area (Å²) >= 11 is 0. The molecule has 0 bridgehead atoms. The van der Waals surface area contributed by atoms with Crippen LogP contribution in [-0.2, 0) is 0 Å². The van der Waals surface area contributed by atoms with Gasteiger partial charge in [0.15, 0.2) is 0 Å². The van der Waals surface area contributed by atoms with Gasteiger partial charge in [-0.2, -0.15) is 0 Å². The lowest BCUT2D eigenvalue weighted by molar-refractivity contribution is 0.0953. The fourth-order valence-electron chi connectivity index (χ4n) is 2.32. The average Bonchev–Trinajstić information content (AvgIpc) is 2.69. The standard InChI is InChI=1S/C21H21N3O2/c1-2-14-22-21(25)16-8-13-20(23-15-16)24-17-9-11-19(12-10-17)26-18-6-4-3-5-7-18/h3-13,15H,2,14H2,1H3,(H,22,25)(H,23,24). The molecule has 5 nitrogen and oxygen atoms in total.